The lowest BCUT2D eigenvalue weighted by Gasteiger charge is -2.19. The minimum atomic E-state index is -0.0229. The van der Waals surface area contributed by atoms with Gasteiger partial charge in [0.25, 0.3) is 0 Å². The van der Waals surface area contributed by atoms with E-state index in [4.69, 9.17) is 11.6 Å². The normalized spacial score (nSPS) is 12.5. The summed E-state index contributed by atoms with van der Waals surface area (Å²) in [6.45, 7) is 0.0954. The Balaban J connectivity index is 1.96. The van der Waals surface area contributed by atoms with Gasteiger partial charge in [-0.15, -0.1) is 11.3 Å². The summed E-state index contributed by atoms with van der Waals surface area (Å²) < 4.78 is 0. The van der Waals surface area contributed by atoms with Crippen molar-refractivity contribution in [3.8, 4) is 0 Å². The predicted octanol–water partition coefficient (Wildman–Crippen LogP) is 3.88. The van der Waals surface area contributed by atoms with Crippen LogP contribution in [0.4, 0.5) is 5.82 Å². The summed E-state index contributed by atoms with van der Waals surface area (Å²) in [6.07, 6.45) is 0.595. The van der Waals surface area contributed by atoms with Gasteiger partial charge in [-0.05, 0) is 35.0 Å². The Kier molecular flexibility index (Phi) is 4.34. The van der Waals surface area contributed by atoms with Gasteiger partial charge in [0.1, 0.15) is 10.6 Å². The minimum absolute atomic E-state index is 0.0229. The maximum absolute atomic E-state index is 9.31. The van der Waals surface area contributed by atoms with Crippen LogP contribution in [0.2, 0.25) is 5.28 Å². The third kappa shape index (κ3) is 3.15. The molecule has 0 radical (unpaired) electrons. The van der Waals surface area contributed by atoms with E-state index in [2.05, 4.69) is 15.3 Å². The Morgan fingerprint density at radius 2 is 2.00 bits per heavy atom. The Morgan fingerprint density at radius 3 is 2.76 bits per heavy atom. The molecule has 2 heterocycles. The standard InChI is InChI=1S/C15H14ClN3OS/c16-15-18-13(11-7-9-21-14(11)19-15)17-12(6-8-20)10-4-2-1-3-5-10/h1-5,7,9,12,20H,6,8H2,(H,17,18,19). The zero-order valence-corrected chi connectivity index (χ0v) is 12.7. The zero-order chi connectivity index (χ0) is 14.7. The molecule has 0 aliphatic heterocycles. The van der Waals surface area contributed by atoms with Crippen LogP contribution in [-0.2, 0) is 0 Å². The third-order valence-corrected chi connectivity index (χ3v) is 4.20. The van der Waals surface area contributed by atoms with Crippen LogP contribution in [0, 0.1) is 0 Å². The van der Waals surface area contributed by atoms with Crippen molar-refractivity contribution in [2.45, 2.75) is 12.5 Å². The molecule has 1 unspecified atom stereocenters. The van der Waals surface area contributed by atoms with E-state index in [1.165, 1.54) is 11.3 Å². The zero-order valence-electron chi connectivity index (χ0n) is 11.2. The van der Waals surface area contributed by atoms with Gasteiger partial charge in [-0.1, -0.05) is 30.3 Å². The number of anilines is 1. The predicted molar refractivity (Wildman–Crippen MR) is 86.9 cm³/mol. The molecule has 0 saturated carbocycles. The first-order valence-electron chi connectivity index (χ1n) is 6.61. The summed E-state index contributed by atoms with van der Waals surface area (Å²) in [5.41, 5.74) is 1.10. The molecule has 0 saturated heterocycles. The fourth-order valence-electron chi connectivity index (χ4n) is 2.24. The van der Waals surface area contributed by atoms with Crippen molar-refractivity contribution < 1.29 is 5.11 Å². The summed E-state index contributed by atoms with van der Waals surface area (Å²) in [4.78, 5) is 9.35. The van der Waals surface area contributed by atoms with Crippen LogP contribution in [0.15, 0.2) is 41.8 Å². The lowest BCUT2D eigenvalue weighted by atomic mass is 10.0. The number of hydrogen-bond acceptors (Lipinski definition) is 5. The Morgan fingerprint density at radius 1 is 1.19 bits per heavy atom. The average molecular weight is 320 g/mol. The van der Waals surface area contributed by atoms with E-state index >= 15 is 0 Å². The number of halogens is 1. The highest BCUT2D eigenvalue weighted by atomic mass is 35.5. The highest BCUT2D eigenvalue weighted by molar-refractivity contribution is 7.16. The monoisotopic (exact) mass is 319 g/mol. The van der Waals surface area contributed by atoms with E-state index in [9.17, 15) is 5.11 Å². The molecule has 0 amide bonds. The van der Waals surface area contributed by atoms with Gasteiger partial charge in [0.2, 0.25) is 5.28 Å². The van der Waals surface area contributed by atoms with Gasteiger partial charge in [0.05, 0.1) is 11.4 Å². The van der Waals surface area contributed by atoms with E-state index < -0.39 is 0 Å². The molecule has 6 heteroatoms. The Bertz CT molecular complexity index is 732. The van der Waals surface area contributed by atoms with E-state index in [1.54, 1.807) is 0 Å². The molecule has 1 atom stereocenters. The van der Waals surface area contributed by atoms with E-state index in [1.807, 2.05) is 41.8 Å². The number of hydrogen-bond donors (Lipinski definition) is 2. The number of thiophene rings is 1. The number of benzene rings is 1. The molecule has 2 N–H and O–H groups in total. The van der Waals surface area contributed by atoms with Crippen molar-refractivity contribution in [3.05, 3.63) is 52.6 Å². The molecule has 0 spiro atoms. The van der Waals surface area contributed by atoms with Gasteiger partial charge in [0.15, 0.2) is 0 Å². The van der Waals surface area contributed by atoms with Crippen LogP contribution in [0.1, 0.15) is 18.0 Å². The molecule has 108 valence electrons. The summed E-state index contributed by atoms with van der Waals surface area (Å²) in [6, 6.07) is 11.9. The number of fused-ring (bicyclic) bond motifs is 1. The average Bonchev–Trinajstić information content (AvgIpc) is 2.96. The van der Waals surface area contributed by atoms with Crippen LogP contribution in [0.3, 0.4) is 0 Å². The Hall–Kier alpha value is -1.69. The van der Waals surface area contributed by atoms with Crippen molar-refractivity contribution in [2.24, 2.45) is 0 Å². The SMILES string of the molecule is OCCC(Nc1nc(Cl)nc2sccc12)c1ccccc1. The number of aliphatic hydroxyl groups is 1. The molecule has 0 bridgehead atoms. The van der Waals surface area contributed by atoms with Crippen LogP contribution >= 0.6 is 22.9 Å². The summed E-state index contributed by atoms with van der Waals surface area (Å²) in [5.74, 6) is 0.702. The van der Waals surface area contributed by atoms with Crippen molar-refractivity contribution in [3.63, 3.8) is 0 Å². The fourth-order valence-corrected chi connectivity index (χ4v) is 3.22. The van der Waals surface area contributed by atoms with Gasteiger partial charge in [0, 0.05) is 6.61 Å². The lowest BCUT2D eigenvalue weighted by molar-refractivity contribution is 0.280. The lowest BCUT2D eigenvalue weighted by Crippen LogP contribution is -2.13. The first kappa shape index (κ1) is 14.3. The summed E-state index contributed by atoms with van der Waals surface area (Å²) in [5, 5.41) is 15.8. The minimum Gasteiger partial charge on any atom is -0.396 e. The molecule has 3 rings (SSSR count). The van der Waals surface area contributed by atoms with Crippen molar-refractivity contribution in [1.29, 1.82) is 0 Å². The molecule has 21 heavy (non-hydrogen) atoms. The van der Waals surface area contributed by atoms with Gasteiger partial charge < -0.3 is 10.4 Å². The topological polar surface area (TPSA) is 58.0 Å². The quantitative estimate of drug-likeness (QED) is 0.701. The Labute approximate surface area is 131 Å². The first-order chi connectivity index (χ1) is 10.3. The van der Waals surface area contributed by atoms with E-state index in [0.717, 1.165) is 15.8 Å². The molecule has 0 aliphatic carbocycles. The molecular weight excluding hydrogens is 306 g/mol. The third-order valence-electron chi connectivity index (χ3n) is 3.23. The number of nitrogens with zero attached hydrogens (tertiary/aromatic N) is 2. The molecular formula is C15H14ClN3OS. The van der Waals surface area contributed by atoms with Crippen LogP contribution in [-0.4, -0.2) is 21.7 Å². The number of rotatable bonds is 5. The van der Waals surface area contributed by atoms with Crippen molar-refractivity contribution >= 4 is 39.0 Å². The summed E-state index contributed by atoms with van der Waals surface area (Å²) in [7, 11) is 0. The number of aliphatic hydroxyl groups excluding tert-OH is 1. The van der Waals surface area contributed by atoms with Gasteiger partial charge in [-0.2, -0.15) is 0 Å². The van der Waals surface area contributed by atoms with Crippen molar-refractivity contribution in [1.82, 2.24) is 9.97 Å². The first-order valence-corrected chi connectivity index (χ1v) is 7.87. The molecule has 1 aromatic carbocycles. The molecule has 0 fully saturated rings. The molecule has 4 nitrogen and oxygen atoms in total. The van der Waals surface area contributed by atoms with Crippen LogP contribution in [0.5, 0.6) is 0 Å². The van der Waals surface area contributed by atoms with E-state index in [-0.39, 0.29) is 17.9 Å². The molecule has 0 aliphatic rings. The number of aromatic nitrogens is 2. The second-order valence-corrected chi connectivity index (χ2v) is 5.83. The maximum Gasteiger partial charge on any atom is 0.225 e. The highest BCUT2D eigenvalue weighted by Crippen LogP contribution is 2.30. The molecule has 3 aromatic rings. The molecule has 2 aromatic heterocycles. The van der Waals surface area contributed by atoms with Gasteiger partial charge >= 0.3 is 0 Å². The maximum atomic E-state index is 9.31. The second-order valence-electron chi connectivity index (χ2n) is 4.60. The summed E-state index contributed by atoms with van der Waals surface area (Å²) >= 11 is 7.51. The van der Waals surface area contributed by atoms with E-state index in [0.29, 0.717) is 12.2 Å². The van der Waals surface area contributed by atoms with Gasteiger partial charge in [-0.3, -0.25) is 0 Å². The van der Waals surface area contributed by atoms with Crippen LogP contribution < -0.4 is 5.32 Å². The fraction of sp³-hybridized carbons (Fsp3) is 0.200. The van der Waals surface area contributed by atoms with Gasteiger partial charge in [-0.25, -0.2) is 9.97 Å². The van der Waals surface area contributed by atoms with Crippen LogP contribution in [0.25, 0.3) is 10.2 Å². The number of nitrogens with one attached hydrogen (secondary N) is 1. The highest BCUT2D eigenvalue weighted by Gasteiger charge is 2.14. The second kappa shape index (κ2) is 6.39. The largest absolute Gasteiger partial charge is 0.396 e. The van der Waals surface area contributed by atoms with Crippen molar-refractivity contribution in [2.75, 3.05) is 11.9 Å². The smallest absolute Gasteiger partial charge is 0.225 e.